The number of ketones is 1. The van der Waals surface area contributed by atoms with E-state index in [-0.39, 0.29) is 5.78 Å². The summed E-state index contributed by atoms with van der Waals surface area (Å²) in [6, 6.07) is 7.44. The van der Waals surface area contributed by atoms with E-state index in [0.29, 0.717) is 18.9 Å². The third-order valence-corrected chi connectivity index (χ3v) is 2.86. The van der Waals surface area contributed by atoms with Gasteiger partial charge in [0.2, 0.25) is 0 Å². The highest BCUT2D eigenvalue weighted by molar-refractivity contribution is 6.31. The standard InChI is InChI=1S/C14H19ClO2/c1-4-13(16)14(15)11-6-5-7-12(8-11)17-9-10(2)3/h5-8,10,14H,4,9H2,1-3H3. The minimum Gasteiger partial charge on any atom is -0.493 e. The van der Waals surface area contributed by atoms with Gasteiger partial charge in [0.05, 0.1) is 6.61 Å². The highest BCUT2D eigenvalue weighted by atomic mass is 35.5. The van der Waals surface area contributed by atoms with Crippen LogP contribution in [-0.2, 0) is 4.79 Å². The summed E-state index contributed by atoms with van der Waals surface area (Å²) < 4.78 is 5.60. The van der Waals surface area contributed by atoms with Gasteiger partial charge in [-0.1, -0.05) is 32.9 Å². The Morgan fingerprint density at radius 3 is 2.71 bits per heavy atom. The maximum absolute atomic E-state index is 11.5. The monoisotopic (exact) mass is 254 g/mol. The van der Waals surface area contributed by atoms with Gasteiger partial charge in [0.1, 0.15) is 11.1 Å². The van der Waals surface area contributed by atoms with Crippen LogP contribution in [0.25, 0.3) is 0 Å². The number of hydrogen-bond acceptors (Lipinski definition) is 2. The maximum atomic E-state index is 11.5. The van der Waals surface area contributed by atoms with Gasteiger partial charge in [0.25, 0.3) is 0 Å². The molecule has 0 amide bonds. The average molecular weight is 255 g/mol. The van der Waals surface area contributed by atoms with Crippen LogP contribution in [0.3, 0.4) is 0 Å². The van der Waals surface area contributed by atoms with Crippen LogP contribution in [-0.4, -0.2) is 12.4 Å². The number of benzene rings is 1. The second-order valence-corrected chi connectivity index (χ2v) is 4.90. The molecule has 0 aliphatic rings. The first-order valence-electron chi connectivity index (χ1n) is 5.94. The van der Waals surface area contributed by atoms with E-state index < -0.39 is 5.38 Å². The molecule has 0 aliphatic carbocycles. The van der Waals surface area contributed by atoms with E-state index in [4.69, 9.17) is 16.3 Å². The summed E-state index contributed by atoms with van der Waals surface area (Å²) in [5.41, 5.74) is 0.805. The Bertz CT molecular complexity index is 374. The fourth-order valence-electron chi connectivity index (χ4n) is 1.39. The summed E-state index contributed by atoms with van der Waals surface area (Å²) in [7, 11) is 0. The number of carbonyl (C=O) groups is 1. The SMILES string of the molecule is CCC(=O)C(Cl)c1cccc(OCC(C)C)c1. The number of alkyl halides is 1. The predicted octanol–water partition coefficient (Wildman–Crippen LogP) is 3.98. The van der Waals surface area contributed by atoms with Gasteiger partial charge in [-0.25, -0.2) is 0 Å². The van der Waals surface area contributed by atoms with E-state index in [2.05, 4.69) is 13.8 Å². The van der Waals surface area contributed by atoms with Crippen LogP contribution in [0.4, 0.5) is 0 Å². The zero-order chi connectivity index (χ0) is 12.8. The normalized spacial score (nSPS) is 12.5. The highest BCUT2D eigenvalue weighted by Crippen LogP contribution is 2.26. The van der Waals surface area contributed by atoms with Crippen LogP contribution in [0, 0.1) is 5.92 Å². The molecule has 1 unspecified atom stereocenters. The molecule has 0 aliphatic heterocycles. The quantitative estimate of drug-likeness (QED) is 0.718. The second-order valence-electron chi connectivity index (χ2n) is 4.46. The van der Waals surface area contributed by atoms with Crippen LogP contribution in [0.1, 0.15) is 38.1 Å². The molecular formula is C14H19ClO2. The Hall–Kier alpha value is -1.02. The number of hydrogen-bond donors (Lipinski definition) is 0. The van der Waals surface area contributed by atoms with Crippen molar-refractivity contribution in [3.8, 4) is 5.75 Å². The molecule has 0 aromatic heterocycles. The van der Waals surface area contributed by atoms with Gasteiger partial charge in [-0.15, -0.1) is 11.6 Å². The molecule has 0 radical (unpaired) electrons. The summed E-state index contributed by atoms with van der Waals surface area (Å²) in [6.07, 6.45) is 0.450. The van der Waals surface area contributed by atoms with Gasteiger partial charge in [-0.3, -0.25) is 4.79 Å². The molecule has 1 aromatic carbocycles. The van der Waals surface area contributed by atoms with Crippen molar-refractivity contribution in [3.63, 3.8) is 0 Å². The van der Waals surface area contributed by atoms with Crippen molar-refractivity contribution in [2.45, 2.75) is 32.6 Å². The van der Waals surface area contributed by atoms with Crippen molar-refractivity contribution in [1.29, 1.82) is 0 Å². The topological polar surface area (TPSA) is 26.3 Å². The zero-order valence-electron chi connectivity index (χ0n) is 10.6. The van der Waals surface area contributed by atoms with E-state index >= 15 is 0 Å². The van der Waals surface area contributed by atoms with Crippen LogP contribution < -0.4 is 4.74 Å². The van der Waals surface area contributed by atoms with E-state index in [9.17, 15) is 4.79 Å². The molecule has 17 heavy (non-hydrogen) atoms. The smallest absolute Gasteiger partial charge is 0.154 e. The van der Waals surface area contributed by atoms with E-state index in [1.807, 2.05) is 31.2 Å². The number of halogens is 1. The first kappa shape index (κ1) is 14.0. The number of rotatable bonds is 6. The van der Waals surface area contributed by atoms with Gasteiger partial charge in [-0.05, 0) is 23.6 Å². The number of Topliss-reactive ketones (excluding diaryl/α,β-unsaturated/α-hetero) is 1. The lowest BCUT2D eigenvalue weighted by Crippen LogP contribution is -2.07. The van der Waals surface area contributed by atoms with E-state index in [0.717, 1.165) is 11.3 Å². The molecule has 2 nitrogen and oxygen atoms in total. The minimum absolute atomic E-state index is 0.0349. The van der Waals surface area contributed by atoms with E-state index in [1.165, 1.54) is 0 Å². The lowest BCUT2D eigenvalue weighted by molar-refractivity contribution is -0.118. The Balaban J connectivity index is 2.74. The molecule has 0 heterocycles. The summed E-state index contributed by atoms with van der Waals surface area (Å²) in [5.74, 6) is 1.28. The van der Waals surface area contributed by atoms with Crippen molar-refractivity contribution in [3.05, 3.63) is 29.8 Å². The van der Waals surface area contributed by atoms with Gasteiger partial charge < -0.3 is 4.74 Å². The largest absolute Gasteiger partial charge is 0.493 e. The van der Waals surface area contributed by atoms with Gasteiger partial charge in [0, 0.05) is 6.42 Å². The lowest BCUT2D eigenvalue weighted by atomic mass is 10.1. The molecule has 1 atom stereocenters. The van der Waals surface area contributed by atoms with Crippen LogP contribution in [0.2, 0.25) is 0 Å². The van der Waals surface area contributed by atoms with E-state index in [1.54, 1.807) is 0 Å². The predicted molar refractivity (Wildman–Crippen MR) is 70.7 cm³/mol. The molecule has 0 saturated heterocycles. The molecular weight excluding hydrogens is 236 g/mol. The molecule has 1 aromatic rings. The summed E-state index contributed by atoms with van der Waals surface area (Å²) in [5, 5.41) is -0.567. The van der Waals surface area contributed by atoms with Crippen molar-refractivity contribution in [1.82, 2.24) is 0 Å². The van der Waals surface area contributed by atoms with Crippen molar-refractivity contribution < 1.29 is 9.53 Å². The van der Waals surface area contributed by atoms with Crippen LogP contribution in [0.5, 0.6) is 5.75 Å². The van der Waals surface area contributed by atoms with Crippen molar-refractivity contribution in [2.24, 2.45) is 5.92 Å². The highest BCUT2D eigenvalue weighted by Gasteiger charge is 2.15. The fraction of sp³-hybridized carbons (Fsp3) is 0.500. The molecule has 0 saturated carbocycles. The zero-order valence-corrected chi connectivity index (χ0v) is 11.3. The minimum atomic E-state index is -0.567. The lowest BCUT2D eigenvalue weighted by Gasteiger charge is -2.12. The molecule has 3 heteroatoms. The molecule has 0 bridgehead atoms. The Morgan fingerprint density at radius 2 is 2.12 bits per heavy atom. The average Bonchev–Trinajstić information content (AvgIpc) is 2.34. The van der Waals surface area contributed by atoms with Gasteiger partial charge in [0.15, 0.2) is 5.78 Å². The number of carbonyl (C=O) groups excluding carboxylic acids is 1. The van der Waals surface area contributed by atoms with Crippen molar-refractivity contribution in [2.75, 3.05) is 6.61 Å². The van der Waals surface area contributed by atoms with Crippen LogP contribution in [0.15, 0.2) is 24.3 Å². The maximum Gasteiger partial charge on any atom is 0.154 e. The molecule has 0 spiro atoms. The molecule has 94 valence electrons. The third kappa shape index (κ3) is 4.39. The summed E-state index contributed by atoms with van der Waals surface area (Å²) >= 11 is 6.09. The van der Waals surface area contributed by atoms with Crippen LogP contribution >= 0.6 is 11.6 Å². The summed E-state index contributed by atoms with van der Waals surface area (Å²) in [4.78, 5) is 11.5. The Kier molecular flexibility index (Phi) is 5.49. The molecule has 1 rings (SSSR count). The first-order chi connectivity index (χ1) is 8.04. The molecule has 0 fully saturated rings. The second kappa shape index (κ2) is 6.65. The third-order valence-electron chi connectivity index (χ3n) is 2.37. The van der Waals surface area contributed by atoms with Crippen molar-refractivity contribution >= 4 is 17.4 Å². The van der Waals surface area contributed by atoms with Gasteiger partial charge in [-0.2, -0.15) is 0 Å². The molecule has 0 N–H and O–H groups in total. The van der Waals surface area contributed by atoms with Gasteiger partial charge >= 0.3 is 0 Å². The Morgan fingerprint density at radius 1 is 1.41 bits per heavy atom. The first-order valence-corrected chi connectivity index (χ1v) is 6.37. The fourth-order valence-corrected chi connectivity index (χ4v) is 1.68. The Labute approximate surface area is 108 Å². The summed E-state index contributed by atoms with van der Waals surface area (Å²) in [6.45, 7) is 6.67. The number of ether oxygens (including phenoxy) is 1.